The van der Waals surface area contributed by atoms with E-state index < -0.39 is 0 Å². The predicted molar refractivity (Wildman–Crippen MR) is 89.2 cm³/mol. The Kier molecular flexibility index (Phi) is 6.89. The highest BCUT2D eigenvalue weighted by molar-refractivity contribution is 7.15. The van der Waals surface area contributed by atoms with Crippen LogP contribution in [0.4, 0.5) is 5.13 Å². The van der Waals surface area contributed by atoms with Crippen LogP contribution in [0.1, 0.15) is 17.7 Å². The third-order valence-electron chi connectivity index (χ3n) is 4.02. The molecule has 0 bridgehead atoms. The first-order valence-electron chi connectivity index (χ1n) is 7.73. The van der Waals surface area contributed by atoms with Crippen LogP contribution in [0, 0.1) is 5.92 Å². The summed E-state index contributed by atoms with van der Waals surface area (Å²) in [6.07, 6.45) is 4.60. The second-order valence-corrected chi connectivity index (χ2v) is 7.00. The highest BCUT2D eigenvalue weighted by Crippen LogP contribution is 2.24. The Labute approximate surface area is 132 Å². The molecule has 0 spiro atoms. The minimum atomic E-state index is 0.752. The van der Waals surface area contributed by atoms with E-state index in [4.69, 9.17) is 4.74 Å². The second-order valence-electron chi connectivity index (χ2n) is 5.91. The molecule has 0 aromatic carbocycles. The van der Waals surface area contributed by atoms with Gasteiger partial charge in [0.05, 0.1) is 6.61 Å². The van der Waals surface area contributed by atoms with Gasteiger partial charge in [-0.15, -0.1) is 11.3 Å². The quantitative estimate of drug-likeness (QED) is 0.739. The molecule has 1 N–H and O–H groups in total. The number of nitrogens with zero attached hydrogens (tertiary/aromatic N) is 3. The van der Waals surface area contributed by atoms with Crippen molar-refractivity contribution in [2.45, 2.75) is 19.4 Å². The Bertz CT molecular complexity index is 404. The van der Waals surface area contributed by atoms with E-state index in [1.54, 1.807) is 18.4 Å². The van der Waals surface area contributed by atoms with E-state index in [9.17, 15) is 0 Å². The van der Waals surface area contributed by atoms with E-state index in [-0.39, 0.29) is 0 Å². The number of hydrogen-bond acceptors (Lipinski definition) is 6. The van der Waals surface area contributed by atoms with E-state index in [0.717, 1.165) is 37.3 Å². The van der Waals surface area contributed by atoms with Gasteiger partial charge in [-0.05, 0) is 38.9 Å². The molecule has 21 heavy (non-hydrogen) atoms. The largest absolute Gasteiger partial charge is 0.383 e. The first-order valence-corrected chi connectivity index (χ1v) is 8.54. The van der Waals surface area contributed by atoms with Crippen molar-refractivity contribution in [1.82, 2.24) is 15.2 Å². The summed E-state index contributed by atoms with van der Waals surface area (Å²) in [5.41, 5.74) is 0. The molecule has 2 rings (SSSR count). The topological polar surface area (TPSA) is 40.6 Å². The lowest BCUT2D eigenvalue weighted by Crippen LogP contribution is -2.35. The van der Waals surface area contributed by atoms with Gasteiger partial charge in [0.25, 0.3) is 0 Å². The highest BCUT2D eigenvalue weighted by Gasteiger charge is 2.19. The average molecular weight is 312 g/mol. The molecule has 1 aliphatic heterocycles. The number of thiazole rings is 1. The van der Waals surface area contributed by atoms with Crippen LogP contribution in [-0.4, -0.2) is 63.9 Å². The Hall–Kier alpha value is -0.690. The zero-order chi connectivity index (χ0) is 15.1. The number of piperidine rings is 1. The Morgan fingerprint density at radius 3 is 2.95 bits per heavy atom. The van der Waals surface area contributed by atoms with Crippen LogP contribution in [0.2, 0.25) is 0 Å². The maximum atomic E-state index is 5.03. The van der Waals surface area contributed by atoms with Crippen molar-refractivity contribution in [3.63, 3.8) is 0 Å². The van der Waals surface area contributed by atoms with Crippen molar-refractivity contribution in [2.75, 3.05) is 58.9 Å². The summed E-state index contributed by atoms with van der Waals surface area (Å²) in [6.45, 7) is 6.09. The standard InChI is InChI=1S/C15H28N4OS/c1-18-7-4-13(5-8-18)12-19(2)15-17-11-14(21-15)10-16-6-9-20-3/h11,13,16H,4-10,12H2,1-3H3. The lowest BCUT2D eigenvalue weighted by Gasteiger charge is -2.31. The van der Waals surface area contributed by atoms with Crippen LogP contribution in [0.15, 0.2) is 6.20 Å². The molecule has 6 heteroatoms. The van der Waals surface area contributed by atoms with Gasteiger partial charge in [0.15, 0.2) is 5.13 Å². The molecular weight excluding hydrogens is 284 g/mol. The lowest BCUT2D eigenvalue weighted by atomic mass is 9.97. The number of hydrogen-bond donors (Lipinski definition) is 1. The number of anilines is 1. The first kappa shape index (κ1) is 16.7. The molecule has 0 saturated carbocycles. The molecule has 1 fully saturated rings. The monoisotopic (exact) mass is 312 g/mol. The van der Waals surface area contributed by atoms with Gasteiger partial charge in [-0.25, -0.2) is 4.98 Å². The summed E-state index contributed by atoms with van der Waals surface area (Å²) in [5, 5.41) is 4.50. The first-order chi connectivity index (χ1) is 10.2. The van der Waals surface area contributed by atoms with Crippen LogP contribution >= 0.6 is 11.3 Å². The molecule has 0 radical (unpaired) electrons. The SMILES string of the molecule is COCCNCc1cnc(N(C)CC2CCN(C)CC2)s1. The van der Waals surface area contributed by atoms with Crippen molar-refractivity contribution in [1.29, 1.82) is 0 Å². The van der Waals surface area contributed by atoms with Crippen LogP contribution in [0.25, 0.3) is 0 Å². The lowest BCUT2D eigenvalue weighted by molar-refractivity contribution is 0.199. The van der Waals surface area contributed by atoms with Gasteiger partial charge in [0, 0.05) is 44.9 Å². The van der Waals surface area contributed by atoms with Crippen LogP contribution in [0.3, 0.4) is 0 Å². The van der Waals surface area contributed by atoms with Gasteiger partial charge >= 0.3 is 0 Å². The third kappa shape index (κ3) is 5.54. The van der Waals surface area contributed by atoms with Crippen LogP contribution in [0.5, 0.6) is 0 Å². The third-order valence-corrected chi connectivity index (χ3v) is 5.13. The smallest absolute Gasteiger partial charge is 0.185 e. The highest BCUT2D eigenvalue weighted by atomic mass is 32.1. The van der Waals surface area contributed by atoms with Crippen LogP contribution < -0.4 is 10.2 Å². The molecule has 0 unspecified atom stereocenters. The van der Waals surface area contributed by atoms with Gasteiger partial charge in [0.1, 0.15) is 0 Å². The van der Waals surface area contributed by atoms with E-state index in [1.807, 2.05) is 6.20 Å². The Balaban J connectivity index is 1.74. The van der Waals surface area contributed by atoms with E-state index in [0.29, 0.717) is 0 Å². The summed E-state index contributed by atoms with van der Waals surface area (Å²) >= 11 is 1.79. The van der Waals surface area contributed by atoms with Gasteiger partial charge in [-0.1, -0.05) is 0 Å². The summed E-state index contributed by atoms with van der Waals surface area (Å²) < 4.78 is 5.03. The summed E-state index contributed by atoms with van der Waals surface area (Å²) in [5.74, 6) is 0.804. The summed E-state index contributed by atoms with van der Waals surface area (Å²) in [4.78, 5) is 10.6. The zero-order valence-electron chi connectivity index (χ0n) is 13.5. The number of nitrogens with one attached hydrogen (secondary N) is 1. The maximum absolute atomic E-state index is 5.03. The summed E-state index contributed by atoms with van der Waals surface area (Å²) in [7, 11) is 6.10. The number of methoxy groups -OCH3 is 1. The average Bonchev–Trinajstić information content (AvgIpc) is 2.95. The second kappa shape index (κ2) is 8.68. The van der Waals surface area contributed by atoms with E-state index >= 15 is 0 Å². The fourth-order valence-electron chi connectivity index (χ4n) is 2.65. The molecule has 1 aliphatic rings. The molecule has 120 valence electrons. The molecule has 1 aromatic heterocycles. The molecule has 1 aromatic rings. The normalized spacial score (nSPS) is 17.3. The molecular formula is C15H28N4OS. The minimum Gasteiger partial charge on any atom is -0.383 e. The number of rotatable bonds is 8. The number of aromatic nitrogens is 1. The minimum absolute atomic E-state index is 0.752. The Morgan fingerprint density at radius 1 is 1.48 bits per heavy atom. The molecule has 5 nitrogen and oxygen atoms in total. The molecule has 1 saturated heterocycles. The number of ether oxygens (including phenoxy) is 1. The van der Waals surface area contributed by atoms with Crippen molar-refractivity contribution in [2.24, 2.45) is 5.92 Å². The van der Waals surface area contributed by atoms with Gasteiger partial charge in [-0.3, -0.25) is 0 Å². The van der Waals surface area contributed by atoms with E-state index in [1.165, 1.54) is 30.8 Å². The van der Waals surface area contributed by atoms with Crippen molar-refractivity contribution < 1.29 is 4.74 Å². The zero-order valence-corrected chi connectivity index (χ0v) is 14.3. The van der Waals surface area contributed by atoms with Crippen molar-refractivity contribution in [3.8, 4) is 0 Å². The molecule has 2 heterocycles. The molecule has 0 aliphatic carbocycles. The van der Waals surface area contributed by atoms with Crippen LogP contribution in [-0.2, 0) is 11.3 Å². The van der Waals surface area contributed by atoms with Crippen molar-refractivity contribution in [3.05, 3.63) is 11.1 Å². The van der Waals surface area contributed by atoms with E-state index in [2.05, 4.69) is 34.2 Å². The van der Waals surface area contributed by atoms with Gasteiger partial charge in [0.2, 0.25) is 0 Å². The fraction of sp³-hybridized carbons (Fsp3) is 0.800. The Morgan fingerprint density at radius 2 is 2.24 bits per heavy atom. The molecule has 0 atom stereocenters. The van der Waals surface area contributed by atoms with Gasteiger partial charge in [-0.2, -0.15) is 0 Å². The number of likely N-dealkylation sites (tertiary alicyclic amines) is 1. The van der Waals surface area contributed by atoms with Gasteiger partial charge < -0.3 is 19.9 Å². The summed E-state index contributed by atoms with van der Waals surface area (Å²) in [6, 6.07) is 0. The molecule has 0 amide bonds. The fourth-order valence-corrected chi connectivity index (χ4v) is 3.50. The van der Waals surface area contributed by atoms with Crippen molar-refractivity contribution >= 4 is 16.5 Å². The predicted octanol–water partition coefficient (Wildman–Crippen LogP) is 1.66. The maximum Gasteiger partial charge on any atom is 0.185 e.